The van der Waals surface area contributed by atoms with Crippen molar-refractivity contribution in [1.29, 1.82) is 0 Å². The van der Waals surface area contributed by atoms with Crippen molar-refractivity contribution in [3.8, 4) is 16.9 Å². The Balaban J connectivity index is 1.93. The van der Waals surface area contributed by atoms with Gasteiger partial charge in [0.05, 0.1) is 12.7 Å². The van der Waals surface area contributed by atoms with Gasteiger partial charge in [-0.1, -0.05) is 36.4 Å². The lowest BCUT2D eigenvalue weighted by Gasteiger charge is -2.16. The molecule has 0 spiro atoms. The number of benzene rings is 2. The molecule has 2 aromatic carbocycles. The van der Waals surface area contributed by atoms with Gasteiger partial charge in [-0.25, -0.2) is 0 Å². The van der Waals surface area contributed by atoms with Gasteiger partial charge in [0.25, 0.3) is 0 Å². The minimum atomic E-state index is -0.366. The molecule has 0 saturated carbocycles. The predicted molar refractivity (Wildman–Crippen MR) is 81.6 cm³/mol. The highest BCUT2D eigenvalue weighted by molar-refractivity contribution is 6.64. The molecule has 0 amide bonds. The molecule has 4 rings (SSSR count). The van der Waals surface area contributed by atoms with Gasteiger partial charge >= 0.3 is 7.12 Å². The van der Waals surface area contributed by atoms with Gasteiger partial charge in [-0.05, 0) is 22.8 Å². The standard InChI is InChI=1S/C16H16BNO3/c18-10-14-15-12(11-4-2-1-3-5-11)6-7-13-16(15)17(21-14)20-9-8-19-13/h1-7,14H,8-10,18H2/t14-/m1/s1. The first-order chi connectivity index (χ1) is 10.4. The second-order valence-corrected chi connectivity index (χ2v) is 5.22. The van der Waals surface area contributed by atoms with Gasteiger partial charge in [0, 0.05) is 12.0 Å². The number of ether oxygens (including phenoxy) is 1. The third-order valence-electron chi connectivity index (χ3n) is 4.00. The Morgan fingerprint density at radius 2 is 1.95 bits per heavy atom. The molecule has 0 fully saturated rings. The second kappa shape index (κ2) is 5.18. The Morgan fingerprint density at radius 3 is 2.76 bits per heavy atom. The van der Waals surface area contributed by atoms with Crippen molar-refractivity contribution < 1.29 is 14.0 Å². The van der Waals surface area contributed by atoms with E-state index in [0.29, 0.717) is 19.8 Å². The fraction of sp³-hybridized carbons (Fsp3) is 0.250. The van der Waals surface area contributed by atoms with Crippen molar-refractivity contribution in [1.82, 2.24) is 0 Å². The van der Waals surface area contributed by atoms with Gasteiger partial charge in [-0.3, -0.25) is 0 Å². The number of rotatable bonds is 2. The third-order valence-corrected chi connectivity index (χ3v) is 4.00. The molecular formula is C16H16BNO3. The molecule has 2 N–H and O–H groups in total. The summed E-state index contributed by atoms with van der Waals surface area (Å²) in [5, 5.41) is 0. The molecule has 0 aromatic heterocycles. The van der Waals surface area contributed by atoms with Crippen molar-refractivity contribution in [2.75, 3.05) is 19.8 Å². The summed E-state index contributed by atoms with van der Waals surface area (Å²) in [5.74, 6) is 0.850. The number of hydrogen-bond donors (Lipinski definition) is 1. The maximum atomic E-state index is 5.98. The molecule has 4 nitrogen and oxygen atoms in total. The Kier molecular flexibility index (Phi) is 3.18. The van der Waals surface area contributed by atoms with Gasteiger partial charge in [-0.2, -0.15) is 0 Å². The summed E-state index contributed by atoms with van der Waals surface area (Å²) < 4.78 is 17.5. The molecule has 1 atom stereocenters. The first-order valence-electron chi connectivity index (χ1n) is 7.20. The molecule has 0 unspecified atom stereocenters. The predicted octanol–water partition coefficient (Wildman–Crippen LogP) is 1.49. The smallest absolute Gasteiger partial charge is 0.492 e. The van der Waals surface area contributed by atoms with E-state index in [1.54, 1.807) is 0 Å². The summed E-state index contributed by atoms with van der Waals surface area (Å²) in [6, 6.07) is 14.4. The van der Waals surface area contributed by atoms with Crippen LogP contribution >= 0.6 is 0 Å². The highest BCUT2D eigenvalue weighted by Gasteiger charge is 2.42. The average Bonchev–Trinajstić information content (AvgIpc) is 2.78. The van der Waals surface area contributed by atoms with Crippen molar-refractivity contribution in [3.05, 3.63) is 48.0 Å². The average molecular weight is 281 g/mol. The largest absolute Gasteiger partial charge is 0.498 e. The highest BCUT2D eigenvalue weighted by Crippen LogP contribution is 2.37. The summed E-state index contributed by atoms with van der Waals surface area (Å²) in [6.07, 6.45) is -0.151. The highest BCUT2D eigenvalue weighted by atomic mass is 16.6. The molecule has 21 heavy (non-hydrogen) atoms. The molecule has 2 aliphatic heterocycles. The van der Waals surface area contributed by atoms with Crippen molar-refractivity contribution in [2.45, 2.75) is 6.10 Å². The SMILES string of the molecule is NC[C@H]1OB2OCCOc3ccc(-c4ccccc4)c1c32. The summed E-state index contributed by atoms with van der Waals surface area (Å²) in [6.45, 7) is 1.50. The van der Waals surface area contributed by atoms with Gasteiger partial charge < -0.3 is 19.8 Å². The Bertz CT molecular complexity index is 662. The number of hydrogen-bond acceptors (Lipinski definition) is 4. The van der Waals surface area contributed by atoms with E-state index in [9.17, 15) is 0 Å². The molecule has 0 aliphatic carbocycles. The summed E-state index contributed by atoms with van der Waals surface area (Å²) in [5.41, 5.74) is 10.3. The molecule has 5 heteroatoms. The van der Waals surface area contributed by atoms with Gasteiger partial charge in [0.1, 0.15) is 12.4 Å². The Hall–Kier alpha value is -1.82. The van der Waals surface area contributed by atoms with Crippen molar-refractivity contribution in [3.63, 3.8) is 0 Å². The van der Waals surface area contributed by atoms with E-state index in [1.165, 1.54) is 0 Å². The van der Waals surface area contributed by atoms with Crippen LogP contribution in [0.1, 0.15) is 11.7 Å². The second-order valence-electron chi connectivity index (χ2n) is 5.22. The lowest BCUT2D eigenvalue weighted by atomic mass is 9.75. The number of nitrogens with two attached hydrogens (primary N) is 1. The molecule has 2 aliphatic rings. The summed E-state index contributed by atoms with van der Waals surface area (Å²) >= 11 is 0. The molecular weight excluding hydrogens is 265 g/mol. The summed E-state index contributed by atoms with van der Waals surface area (Å²) in [7, 11) is -0.366. The van der Waals surface area contributed by atoms with Crippen LogP contribution in [-0.4, -0.2) is 26.9 Å². The van der Waals surface area contributed by atoms with E-state index in [2.05, 4.69) is 18.2 Å². The van der Waals surface area contributed by atoms with Crippen molar-refractivity contribution >= 4 is 12.6 Å². The molecule has 0 saturated heterocycles. The normalized spacial score (nSPS) is 19.9. The molecule has 2 heterocycles. The van der Waals surface area contributed by atoms with Crippen LogP contribution in [-0.2, 0) is 9.31 Å². The minimum absolute atomic E-state index is 0.151. The maximum Gasteiger partial charge on any atom is 0.498 e. The van der Waals surface area contributed by atoms with Crippen LogP contribution in [0.15, 0.2) is 42.5 Å². The Morgan fingerprint density at radius 1 is 1.10 bits per heavy atom. The fourth-order valence-electron chi connectivity index (χ4n) is 3.09. The van der Waals surface area contributed by atoms with Crippen LogP contribution in [0.2, 0.25) is 0 Å². The molecule has 0 radical (unpaired) electrons. The van der Waals surface area contributed by atoms with Gasteiger partial charge in [0.2, 0.25) is 0 Å². The van der Waals surface area contributed by atoms with Crippen LogP contribution in [0.5, 0.6) is 5.75 Å². The zero-order valence-electron chi connectivity index (χ0n) is 11.6. The lowest BCUT2D eigenvalue weighted by molar-refractivity contribution is 0.148. The van der Waals surface area contributed by atoms with Crippen LogP contribution in [0, 0.1) is 0 Å². The topological polar surface area (TPSA) is 53.7 Å². The van der Waals surface area contributed by atoms with E-state index in [1.807, 2.05) is 24.3 Å². The van der Waals surface area contributed by atoms with Crippen LogP contribution in [0.3, 0.4) is 0 Å². The summed E-state index contributed by atoms with van der Waals surface area (Å²) in [4.78, 5) is 0. The Labute approximate surface area is 124 Å². The van der Waals surface area contributed by atoms with E-state index in [-0.39, 0.29) is 13.2 Å². The van der Waals surface area contributed by atoms with Crippen LogP contribution in [0.4, 0.5) is 0 Å². The monoisotopic (exact) mass is 281 g/mol. The first-order valence-corrected chi connectivity index (χ1v) is 7.20. The van der Waals surface area contributed by atoms with E-state index >= 15 is 0 Å². The zero-order chi connectivity index (χ0) is 14.2. The van der Waals surface area contributed by atoms with E-state index < -0.39 is 0 Å². The van der Waals surface area contributed by atoms with E-state index in [0.717, 1.165) is 27.9 Å². The zero-order valence-corrected chi connectivity index (χ0v) is 11.6. The minimum Gasteiger partial charge on any atom is -0.492 e. The van der Waals surface area contributed by atoms with Gasteiger partial charge in [0.15, 0.2) is 0 Å². The fourth-order valence-corrected chi connectivity index (χ4v) is 3.09. The quantitative estimate of drug-likeness (QED) is 0.847. The van der Waals surface area contributed by atoms with Gasteiger partial charge in [-0.15, -0.1) is 0 Å². The van der Waals surface area contributed by atoms with E-state index in [4.69, 9.17) is 19.8 Å². The molecule has 2 aromatic rings. The van der Waals surface area contributed by atoms with Crippen LogP contribution in [0.25, 0.3) is 11.1 Å². The molecule has 106 valence electrons. The first kappa shape index (κ1) is 12.9. The van der Waals surface area contributed by atoms with Crippen molar-refractivity contribution in [2.24, 2.45) is 5.73 Å². The lowest BCUT2D eigenvalue weighted by Crippen LogP contribution is -2.31. The third kappa shape index (κ3) is 2.05. The van der Waals surface area contributed by atoms with Crippen LogP contribution < -0.4 is 15.9 Å². The molecule has 0 bridgehead atoms. The maximum absolute atomic E-state index is 5.98.